The minimum Gasteiger partial charge on any atom is -0.461 e. The van der Waals surface area contributed by atoms with Gasteiger partial charge in [-0.25, -0.2) is 17.9 Å². The van der Waals surface area contributed by atoms with Gasteiger partial charge >= 0.3 is 5.97 Å². The van der Waals surface area contributed by atoms with Crippen molar-refractivity contribution >= 4 is 16.0 Å². The van der Waals surface area contributed by atoms with Crippen molar-refractivity contribution in [1.29, 1.82) is 0 Å². The summed E-state index contributed by atoms with van der Waals surface area (Å²) < 4.78 is 32.8. The quantitative estimate of drug-likeness (QED) is 0.814. The minimum atomic E-state index is -3.62. The van der Waals surface area contributed by atoms with Crippen molar-refractivity contribution in [2.45, 2.75) is 57.4 Å². The van der Waals surface area contributed by atoms with E-state index in [1.54, 1.807) is 20.8 Å². The van der Waals surface area contributed by atoms with Gasteiger partial charge in [0.25, 0.3) is 0 Å². The maximum Gasteiger partial charge on any atom is 0.355 e. The summed E-state index contributed by atoms with van der Waals surface area (Å²) in [5.74, 6) is -0.527. The first-order chi connectivity index (χ1) is 9.86. The second kappa shape index (κ2) is 6.19. The summed E-state index contributed by atoms with van der Waals surface area (Å²) in [6, 6.07) is -0.00487. The highest BCUT2D eigenvalue weighted by atomic mass is 32.2. The molecule has 1 fully saturated rings. The van der Waals surface area contributed by atoms with Crippen LogP contribution in [0.2, 0.25) is 0 Å². The highest BCUT2D eigenvalue weighted by Gasteiger charge is 2.29. The number of carbonyl (C=O) groups is 1. The van der Waals surface area contributed by atoms with Crippen LogP contribution in [0.3, 0.4) is 0 Å². The molecule has 118 valence electrons. The number of H-pyrrole nitrogens is 1. The summed E-state index contributed by atoms with van der Waals surface area (Å²) >= 11 is 0. The van der Waals surface area contributed by atoms with Crippen LogP contribution >= 0.6 is 0 Å². The first kappa shape index (κ1) is 16.0. The van der Waals surface area contributed by atoms with Crippen LogP contribution in [0.25, 0.3) is 0 Å². The lowest BCUT2D eigenvalue weighted by Crippen LogP contribution is -2.33. The Labute approximate surface area is 125 Å². The first-order valence-electron chi connectivity index (χ1n) is 7.25. The molecule has 1 saturated carbocycles. The molecule has 0 saturated heterocycles. The van der Waals surface area contributed by atoms with Gasteiger partial charge in [-0.1, -0.05) is 12.8 Å². The number of sulfonamides is 1. The van der Waals surface area contributed by atoms with Crippen molar-refractivity contribution in [1.82, 2.24) is 9.71 Å². The summed E-state index contributed by atoms with van der Waals surface area (Å²) in [5.41, 5.74) is 1.08. The molecule has 6 nitrogen and oxygen atoms in total. The van der Waals surface area contributed by atoms with E-state index in [4.69, 9.17) is 4.74 Å². The molecule has 1 aromatic heterocycles. The molecule has 2 rings (SSSR count). The van der Waals surface area contributed by atoms with E-state index in [1.165, 1.54) is 0 Å². The summed E-state index contributed by atoms with van der Waals surface area (Å²) in [6.07, 6.45) is 3.83. The molecule has 1 aliphatic rings. The van der Waals surface area contributed by atoms with Crippen molar-refractivity contribution in [2.75, 3.05) is 6.61 Å². The summed E-state index contributed by atoms with van der Waals surface area (Å²) in [7, 11) is -3.62. The van der Waals surface area contributed by atoms with E-state index >= 15 is 0 Å². The fraction of sp³-hybridized carbons (Fsp3) is 0.643. The van der Waals surface area contributed by atoms with Crippen LogP contribution in [0.15, 0.2) is 4.90 Å². The zero-order valence-corrected chi connectivity index (χ0v) is 13.5. The zero-order chi connectivity index (χ0) is 15.6. The molecular weight excluding hydrogens is 292 g/mol. The van der Waals surface area contributed by atoms with Crippen LogP contribution in [-0.4, -0.2) is 32.0 Å². The highest BCUT2D eigenvalue weighted by Crippen LogP contribution is 2.26. The van der Waals surface area contributed by atoms with Crippen LogP contribution < -0.4 is 4.72 Å². The number of esters is 1. The van der Waals surface area contributed by atoms with E-state index < -0.39 is 16.0 Å². The Balaban J connectivity index is 2.32. The Morgan fingerprint density at radius 3 is 2.52 bits per heavy atom. The van der Waals surface area contributed by atoms with Gasteiger partial charge in [-0.3, -0.25) is 0 Å². The van der Waals surface area contributed by atoms with E-state index in [9.17, 15) is 13.2 Å². The standard InChI is InChI=1S/C14H22N2O4S/c1-4-20-14(17)12-9(2)13(10(3)15-12)21(18,19)16-11-7-5-6-8-11/h11,15-16H,4-8H2,1-3H3. The fourth-order valence-electron chi connectivity index (χ4n) is 2.87. The Kier molecular flexibility index (Phi) is 4.73. The third-order valence-electron chi connectivity index (χ3n) is 3.79. The molecule has 1 heterocycles. The van der Waals surface area contributed by atoms with Gasteiger partial charge in [0.2, 0.25) is 10.0 Å². The minimum absolute atomic E-state index is 0.00487. The monoisotopic (exact) mass is 314 g/mol. The van der Waals surface area contributed by atoms with E-state index in [-0.39, 0.29) is 23.2 Å². The number of rotatable bonds is 5. The number of nitrogens with one attached hydrogen (secondary N) is 2. The molecule has 1 aliphatic carbocycles. The topological polar surface area (TPSA) is 88.3 Å². The lowest BCUT2D eigenvalue weighted by atomic mass is 10.2. The molecule has 0 unspecified atom stereocenters. The maximum absolute atomic E-state index is 12.5. The Morgan fingerprint density at radius 2 is 1.95 bits per heavy atom. The molecule has 0 spiro atoms. The van der Waals surface area contributed by atoms with Gasteiger partial charge in [0.1, 0.15) is 10.6 Å². The van der Waals surface area contributed by atoms with Gasteiger partial charge in [-0.15, -0.1) is 0 Å². The molecule has 2 N–H and O–H groups in total. The molecule has 0 bridgehead atoms. The van der Waals surface area contributed by atoms with Crippen molar-refractivity contribution in [3.63, 3.8) is 0 Å². The summed E-state index contributed by atoms with van der Waals surface area (Å²) in [4.78, 5) is 14.8. The van der Waals surface area contributed by atoms with Gasteiger partial charge in [-0.2, -0.15) is 0 Å². The van der Waals surface area contributed by atoms with E-state index in [1.807, 2.05) is 0 Å². The molecule has 0 aromatic carbocycles. The van der Waals surface area contributed by atoms with Crippen LogP contribution in [-0.2, 0) is 14.8 Å². The molecule has 21 heavy (non-hydrogen) atoms. The van der Waals surface area contributed by atoms with Gasteiger partial charge in [0.05, 0.1) is 6.61 Å². The maximum atomic E-state index is 12.5. The van der Waals surface area contributed by atoms with Crippen molar-refractivity contribution in [2.24, 2.45) is 0 Å². The van der Waals surface area contributed by atoms with Crippen LogP contribution in [0, 0.1) is 13.8 Å². The zero-order valence-electron chi connectivity index (χ0n) is 12.7. The predicted octanol–water partition coefficient (Wildman–Crippen LogP) is 2.03. The highest BCUT2D eigenvalue weighted by molar-refractivity contribution is 7.89. The van der Waals surface area contributed by atoms with E-state index in [0.717, 1.165) is 25.7 Å². The number of aromatic nitrogens is 1. The second-order valence-electron chi connectivity index (χ2n) is 5.40. The van der Waals surface area contributed by atoms with Gasteiger partial charge in [-0.05, 0) is 33.6 Å². The van der Waals surface area contributed by atoms with Gasteiger partial charge < -0.3 is 9.72 Å². The number of aryl methyl sites for hydroxylation is 1. The van der Waals surface area contributed by atoms with Gasteiger partial charge in [0, 0.05) is 17.3 Å². The molecule has 0 amide bonds. The number of hydrogen-bond donors (Lipinski definition) is 2. The Bertz CT molecular complexity index is 628. The smallest absolute Gasteiger partial charge is 0.355 e. The number of hydrogen-bond acceptors (Lipinski definition) is 4. The Morgan fingerprint density at radius 1 is 1.33 bits per heavy atom. The third kappa shape index (κ3) is 3.29. The molecule has 0 atom stereocenters. The SMILES string of the molecule is CCOC(=O)c1[nH]c(C)c(S(=O)(=O)NC2CCCC2)c1C. The van der Waals surface area contributed by atoms with Crippen molar-refractivity contribution < 1.29 is 17.9 Å². The largest absolute Gasteiger partial charge is 0.461 e. The Hall–Kier alpha value is -1.34. The lowest BCUT2D eigenvalue weighted by molar-refractivity contribution is 0.0519. The summed E-state index contributed by atoms with van der Waals surface area (Å²) in [5, 5.41) is 0. The average Bonchev–Trinajstić information content (AvgIpc) is 2.97. The number of carbonyl (C=O) groups excluding carboxylic acids is 1. The normalized spacial score (nSPS) is 16.3. The van der Waals surface area contributed by atoms with Crippen LogP contribution in [0.5, 0.6) is 0 Å². The molecular formula is C14H22N2O4S. The van der Waals surface area contributed by atoms with E-state index in [0.29, 0.717) is 11.3 Å². The second-order valence-corrected chi connectivity index (χ2v) is 7.05. The summed E-state index contributed by atoms with van der Waals surface area (Å²) in [6.45, 7) is 5.24. The number of aromatic amines is 1. The first-order valence-corrected chi connectivity index (χ1v) is 8.73. The van der Waals surface area contributed by atoms with Crippen molar-refractivity contribution in [3.8, 4) is 0 Å². The molecule has 0 radical (unpaired) electrons. The molecule has 7 heteroatoms. The van der Waals surface area contributed by atoms with Crippen LogP contribution in [0.4, 0.5) is 0 Å². The third-order valence-corrected chi connectivity index (χ3v) is 5.59. The van der Waals surface area contributed by atoms with E-state index in [2.05, 4.69) is 9.71 Å². The van der Waals surface area contributed by atoms with Crippen molar-refractivity contribution in [3.05, 3.63) is 17.0 Å². The van der Waals surface area contributed by atoms with Gasteiger partial charge in [0.15, 0.2) is 0 Å². The number of ether oxygens (including phenoxy) is 1. The predicted molar refractivity (Wildman–Crippen MR) is 78.8 cm³/mol. The van der Waals surface area contributed by atoms with Crippen LogP contribution in [0.1, 0.15) is 54.4 Å². The average molecular weight is 314 g/mol. The molecule has 1 aromatic rings. The molecule has 0 aliphatic heterocycles. The lowest BCUT2D eigenvalue weighted by Gasteiger charge is -2.13. The fourth-order valence-corrected chi connectivity index (χ4v) is 4.62.